The quantitative estimate of drug-likeness (QED) is 0.710. The molecular formula is C20H29ClN2O4S. The van der Waals surface area contributed by atoms with Crippen molar-refractivity contribution in [2.75, 3.05) is 31.6 Å². The van der Waals surface area contributed by atoms with Gasteiger partial charge in [-0.1, -0.05) is 43.7 Å². The molecule has 0 atom stereocenters. The summed E-state index contributed by atoms with van der Waals surface area (Å²) in [4.78, 5) is 12.3. The molecule has 1 saturated heterocycles. The van der Waals surface area contributed by atoms with E-state index in [4.69, 9.17) is 16.3 Å². The van der Waals surface area contributed by atoms with E-state index in [2.05, 4.69) is 5.32 Å². The minimum atomic E-state index is -3.71. The average molecular weight is 429 g/mol. The van der Waals surface area contributed by atoms with Gasteiger partial charge >= 0.3 is 0 Å². The second-order valence-corrected chi connectivity index (χ2v) is 9.92. The Morgan fingerprint density at radius 2 is 1.89 bits per heavy atom. The number of hydrogen-bond acceptors (Lipinski definition) is 4. The lowest BCUT2D eigenvalue weighted by molar-refractivity contribution is -0.116. The minimum Gasteiger partial charge on any atom is -0.379 e. The molecule has 1 amide bonds. The molecule has 1 aromatic carbocycles. The molecule has 0 radical (unpaired) electrons. The van der Waals surface area contributed by atoms with E-state index in [-0.39, 0.29) is 15.8 Å². The highest BCUT2D eigenvalue weighted by Gasteiger charge is 2.28. The highest BCUT2D eigenvalue weighted by Crippen LogP contribution is 2.29. The van der Waals surface area contributed by atoms with Crippen LogP contribution in [-0.4, -0.2) is 44.9 Å². The summed E-state index contributed by atoms with van der Waals surface area (Å²) < 4.78 is 32.3. The van der Waals surface area contributed by atoms with Crippen molar-refractivity contribution in [1.29, 1.82) is 0 Å². The van der Waals surface area contributed by atoms with Crippen LogP contribution in [0.25, 0.3) is 0 Å². The summed E-state index contributed by atoms with van der Waals surface area (Å²) in [6, 6.07) is 4.61. The lowest BCUT2D eigenvalue weighted by Gasteiger charge is -2.26. The molecule has 1 aliphatic carbocycles. The summed E-state index contributed by atoms with van der Waals surface area (Å²) in [7, 11) is -3.71. The fourth-order valence-corrected chi connectivity index (χ4v) is 5.86. The standard InChI is InChI=1S/C20H29ClN2O4S/c21-18-10-9-17(15-19(18)28(25,26)23-11-13-27-14-12-23)22-20(24)8-4-7-16-5-2-1-3-6-16/h9-10,15-16H,1-8,11-14H2,(H,22,24). The number of carbonyl (C=O) groups excluding carboxylic acids is 1. The van der Waals surface area contributed by atoms with Crippen molar-refractivity contribution in [3.05, 3.63) is 23.2 Å². The highest BCUT2D eigenvalue weighted by molar-refractivity contribution is 7.89. The SMILES string of the molecule is O=C(CCCC1CCCCC1)Nc1ccc(Cl)c(S(=O)(=O)N2CCOCC2)c1. The molecule has 0 spiro atoms. The van der Waals surface area contributed by atoms with Crippen LogP contribution < -0.4 is 5.32 Å². The fourth-order valence-electron chi connectivity index (χ4n) is 3.96. The molecule has 8 heteroatoms. The maximum atomic E-state index is 12.9. The monoisotopic (exact) mass is 428 g/mol. The third-order valence-corrected chi connectivity index (χ3v) is 7.92. The molecule has 0 unspecified atom stereocenters. The highest BCUT2D eigenvalue weighted by atomic mass is 35.5. The predicted octanol–water partition coefficient (Wildman–Crippen LogP) is 4.05. The number of halogens is 1. The normalized spacial score (nSPS) is 19.5. The molecule has 1 aliphatic heterocycles. The van der Waals surface area contributed by atoms with Crippen molar-refractivity contribution in [2.45, 2.75) is 56.3 Å². The van der Waals surface area contributed by atoms with Gasteiger partial charge in [-0.05, 0) is 37.0 Å². The molecule has 3 rings (SSSR count). The first-order chi connectivity index (χ1) is 13.5. The third-order valence-electron chi connectivity index (χ3n) is 5.54. The van der Waals surface area contributed by atoms with Crippen LogP contribution in [0.4, 0.5) is 5.69 Å². The van der Waals surface area contributed by atoms with E-state index in [1.165, 1.54) is 48.5 Å². The zero-order valence-corrected chi connectivity index (χ0v) is 17.7. The lowest BCUT2D eigenvalue weighted by atomic mass is 9.86. The smallest absolute Gasteiger partial charge is 0.244 e. The second-order valence-electron chi connectivity index (χ2n) is 7.61. The van der Waals surface area contributed by atoms with E-state index in [1.807, 2.05) is 0 Å². The number of sulfonamides is 1. The first-order valence-electron chi connectivity index (χ1n) is 10.1. The number of hydrogen-bond donors (Lipinski definition) is 1. The first-order valence-corrected chi connectivity index (χ1v) is 12.0. The number of benzene rings is 1. The van der Waals surface area contributed by atoms with Gasteiger partial charge in [-0.25, -0.2) is 8.42 Å². The van der Waals surface area contributed by atoms with E-state index < -0.39 is 10.0 Å². The number of ether oxygens (including phenoxy) is 1. The summed E-state index contributed by atoms with van der Waals surface area (Å²) in [6.45, 7) is 1.34. The number of rotatable bonds is 7. The van der Waals surface area contributed by atoms with Gasteiger partial charge in [0.2, 0.25) is 15.9 Å². The van der Waals surface area contributed by atoms with E-state index in [0.29, 0.717) is 38.4 Å². The summed E-state index contributed by atoms with van der Waals surface area (Å²) in [5.74, 6) is 0.662. The molecule has 6 nitrogen and oxygen atoms in total. The van der Waals surface area contributed by atoms with Crippen molar-refractivity contribution in [3.63, 3.8) is 0 Å². The van der Waals surface area contributed by atoms with Gasteiger partial charge in [0.25, 0.3) is 0 Å². The number of nitrogens with zero attached hydrogens (tertiary/aromatic N) is 1. The van der Waals surface area contributed by atoms with Crippen LogP contribution in [-0.2, 0) is 19.6 Å². The maximum Gasteiger partial charge on any atom is 0.244 e. The average Bonchev–Trinajstić information content (AvgIpc) is 2.71. The molecule has 1 saturated carbocycles. The molecule has 2 fully saturated rings. The van der Waals surface area contributed by atoms with Crippen LogP contribution in [0.3, 0.4) is 0 Å². The Morgan fingerprint density at radius 1 is 1.18 bits per heavy atom. The van der Waals surface area contributed by atoms with Crippen molar-refractivity contribution in [2.24, 2.45) is 5.92 Å². The van der Waals surface area contributed by atoms with E-state index in [0.717, 1.165) is 18.8 Å². The Kier molecular flexibility index (Phi) is 7.74. The van der Waals surface area contributed by atoms with Gasteiger partial charge in [0.1, 0.15) is 4.90 Å². The Hall–Kier alpha value is -1.15. The Bertz CT molecular complexity index is 772. The number of morpholine rings is 1. The molecular weight excluding hydrogens is 400 g/mol. The van der Waals surface area contributed by atoms with Gasteiger partial charge in [-0.15, -0.1) is 0 Å². The Morgan fingerprint density at radius 3 is 2.61 bits per heavy atom. The molecule has 0 aromatic heterocycles. The van der Waals surface area contributed by atoms with Crippen LogP contribution in [0.1, 0.15) is 51.4 Å². The van der Waals surface area contributed by atoms with E-state index in [9.17, 15) is 13.2 Å². The molecule has 1 aromatic rings. The van der Waals surface area contributed by atoms with Gasteiger partial charge in [-0.3, -0.25) is 4.79 Å². The van der Waals surface area contributed by atoms with Gasteiger partial charge < -0.3 is 10.1 Å². The summed E-state index contributed by atoms with van der Waals surface area (Å²) in [5, 5.41) is 2.97. The first kappa shape index (κ1) is 21.6. The Labute approximate surface area is 172 Å². The van der Waals surface area contributed by atoms with Crippen molar-refractivity contribution in [1.82, 2.24) is 4.31 Å². The number of anilines is 1. The fraction of sp³-hybridized carbons (Fsp3) is 0.650. The van der Waals surface area contributed by atoms with Gasteiger partial charge in [-0.2, -0.15) is 4.31 Å². The van der Waals surface area contributed by atoms with Gasteiger partial charge in [0.05, 0.1) is 18.2 Å². The summed E-state index contributed by atoms with van der Waals surface area (Å²) in [5.41, 5.74) is 0.457. The Balaban J connectivity index is 1.58. The van der Waals surface area contributed by atoms with Gasteiger partial charge in [0.15, 0.2) is 0 Å². The molecule has 1 heterocycles. The maximum absolute atomic E-state index is 12.9. The van der Waals surface area contributed by atoms with Crippen molar-refractivity contribution < 1.29 is 17.9 Å². The number of amides is 1. The summed E-state index contributed by atoms with van der Waals surface area (Å²) >= 11 is 6.16. The number of nitrogens with one attached hydrogen (secondary N) is 1. The summed E-state index contributed by atoms with van der Waals surface area (Å²) in [6.07, 6.45) is 8.91. The zero-order chi connectivity index (χ0) is 20.0. The molecule has 28 heavy (non-hydrogen) atoms. The molecule has 1 N–H and O–H groups in total. The second kappa shape index (κ2) is 10.1. The lowest BCUT2D eigenvalue weighted by Crippen LogP contribution is -2.40. The molecule has 0 bridgehead atoms. The van der Waals surface area contributed by atoms with Crippen LogP contribution in [0, 0.1) is 5.92 Å². The van der Waals surface area contributed by atoms with E-state index >= 15 is 0 Å². The predicted molar refractivity (Wildman–Crippen MR) is 110 cm³/mol. The molecule has 2 aliphatic rings. The zero-order valence-electron chi connectivity index (χ0n) is 16.2. The van der Waals surface area contributed by atoms with Crippen molar-refractivity contribution >= 4 is 33.2 Å². The van der Waals surface area contributed by atoms with Crippen LogP contribution in [0.15, 0.2) is 23.1 Å². The third kappa shape index (κ3) is 5.69. The van der Waals surface area contributed by atoms with Gasteiger partial charge in [0, 0.05) is 25.2 Å². The van der Waals surface area contributed by atoms with Crippen LogP contribution in [0.5, 0.6) is 0 Å². The van der Waals surface area contributed by atoms with Crippen LogP contribution >= 0.6 is 11.6 Å². The number of carbonyl (C=O) groups is 1. The topological polar surface area (TPSA) is 75.7 Å². The van der Waals surface area contributed by atoms with Crippen molar-refractivity contribution in [3.8, 4) is 0 Å². The minimum absolute atomic E-state index is 0.0241. The van der Waals surface area contributed by atoms with Crippen LogP contribution in [0.2, 0.25) is 5.02 Å². The van der Waals surface area contributed by atoms with E-state index in [1.54, 1.807) is 6.07 Å². The largest absolute Gasteiger partial charge is 0.379 e. The molecule has 156 valence electrons.